The second-order valence-electron chi connectivity index (χ2n) is 7.20. The Bertz CT molecular complexity index is 1370. The third-order valence-electron chi connectivity index (χ3n) is 4.97. The predicted octanol–water partition coefficient (Wildman–Crippen LogP) is 5.64. The zero-order chi connectivity index (χ0) is 21.9. The Hall–Kier alpha value is -4.26. The van der Waals surface area contributed by atoms with E-state index in [0.29, 0.717) is 34.8 Å². The molecule has 5 rings (SSSR count). The van der Waals surface area contributed by atoms with E-state index >= 15 is 0 Å². The van der Waals surface area contributed by atoms with Crippen LogP contribution in [-0.2, 0) is 6.54 Å². The van der Waals surface area contributed by atoms with Crippen molar-refractivity contribution in [2.24, 2.45) is 0 Å². The summed E-state index contributed by atoms with van der Waals surface area (Å²) < 4.78 is 27.5. The van der Waals surface area contributed by atoms with Crippen molar-refractivity contribution < 1.29 is 8.78 Å². The summed E-state index contributed by atoms with van der Waals surface area (Å²) in [6.45, 7) is 0.457. The van der Waals surface area contributed by atoms with Gasteiger partial charge in [0.15, 0.2) is 5.82 Å². The fourth-order valence-corrected chi connectivity index (χ4v) is 3.46. The predicted molar refractivity (Wildman–Crippen MR) is 120 cm³/mol. The maximum atomic E-state index is 13.8. The van der Waals surface area contributed by atoms with Crippen molar-refractivity contribution >= 4 is 16.7 Å². The van der Waals surface area contributed by atoms with Crippen molar-refractivity contribution in [3.63, 3.8) is 0 Å². The van der Waals surface area contributed by atoms with E-state index in [1.807, 2.05) is 42.5 Å². The van der Waals surface area contributed by atoms with Crippen molar-refractivity contribution in [3.8, 4) is 22.5 Å². The van der Waals surface area contributed by atoms with Crippen molar-refractivity contribution in [3.05, 3.63) is 103 Å². The molecule has 5 nitrogen and oxygen atoms in total. The van der Waals surface area contributed by atoms with Gasteiger partial charge in [0.2, 0.25) is 0 Å². The molecular weight excluding hydrogens is 408 g/mol. The minimum Gasteiger partial charge on any atom is -0.364 e. The number of rotatable bonds is 5. The van der Waals surface area contributed by atoms with Gasteiger partial charge in [0, 0.05) is 35.6 Å². The second kappa shape index (κ2) is 8.47. The Kier molecular flexibility index (Phi) is 5.21. The van der Waals surface area contributed by atoms with Crippen LogP contribution in [0.5, 0.6) is 0 Å². The average Bonchev–Trinajstić information content (AvgIpc) is 2.82. The molecule has 0 saturated carbocycles. The smallest absolute Gasteiger partial charge is 0.163 e. The van der Waals surface area contributed by atoms with Gasteiger partial charge in [-0.3, -0.25) is 9.97 Å². The van der Waals surface area contributed by atoms with Gasteiger partial charge in [-0.25, -0.2) is 18.7 Å². The van der Waals surface area contributed by atoms with Crippen LogP contribution in [0.4, 0.5) is 14.6 Å². The number of benzene rings is 2. The molecule has 0 radical (unpaired) electrons. The molecular formula is C25H17F2N5. The van der Waals surface area contributed by atoms with Crippen LogP contribution in [0.15, 0.2) is 85.3 Å². The number of hydrogen-bond acceptors (Lipinski definition) is 5. The summed E-state index contributed by atoms with van der Waals surface area (Å²) in [5.74, 6) is -0.134. The lowest BCUT2D eigenvalue weighted by Crippen LogP contribution is -2.05. The van der Waals surface area contributed by atoms with E-state index in [0.717, 1.165) is 22.7 Å². The molecule has 0 aliphatic carbocycles. The first-order valence-electron chi connectivity index (χ1n) is 9.98. The first-order valence-corrected chi connectivity index (χ1v) is 9.98. The van der Waals surface area contributed by atoms with Crippen LogP contribution in [0.25, 0.3) is 33.4 Å². The number of nitrogens with zero attached hydrogens (tertiary/aromatic N) is 4. The highest BCUT2D eigenvalue weighted by molar-refractivity contribution is 5.94. The van der Waals surface area contributed by atoms with Gasteiger partial charge in [0.05, 0.1) is 17.8 Å². The highest BCUT2D eigenvalue weighted by Crippen LogP contribution is 2.30. The van der Waals surface area contributed by atoms with Crippen molar-refractivity contribution in [2.75, 3.05) is 5.32 Å². The highest BCUT2D eigenvalue weighted by Gasteiger charge is 2.12. The lowest BCUT2D eigenvalue weighted by molar-refractivity contribution is 0.584. The number of aromatic nitrogens is 4. The molecule has 156 valence electrons. The van der Waals surface area contributed by atoms with E-state index < -0.39 is 11.6 Å². The Morgan fingerprint density at radius 3 is 2.38 bits per heavy atom. The Morgan fingerprint density at radius 2 is 1.62 bits per heavy atom. The summed E-state index contributed by atoms with van der Waals surface area (Å²) in [6.07, 6.45) is 5.12. The molecule has 7 heteroatoms. The summed E-state index contributed by atoms with van der Waals surface area (Å²) in [4.78, 5) is 17.9. The fraction of sp³-hybridized carbons (Fsp3) is 0.0400. The van der Waals surface area contributed by atoms with E-state index in [1.165, 1.54) is 12.1 Å². The van der Waals surface area contributed by atoms with Gasteiger partial charge in [0.1, 0.15) is 17.5 Å². The molecule has 0 unspecified atom stereocenters. The molecule has 3 heterocycles. The SMILES string of the molecule is Fc1cc(F)cc(-c2ccc3nc(-c4cccnc4)nc(NCc4ccccn4)c3c2)c1. The molecule has 0 spiro atoms. The van der Waals surface area contributed by atoms with Gasteiger partial charge in [0.25, 0.3) is 0 Å². The van der Waals surface area contributed by atoms with E-state index in [4.69, 9.17) is 4.98 Å². The van der Waals surface area contributed by atoms with Gasteiger partial charge in [-0.2, -0.15) is 0 Å². The Balaban J connectivity index is 1.62. The molecule has 0 bridgehead atoms. The summed E-state index contributed by atoms with van der Waals surface area (Å²) in [5.41, 5.74) is 3.44. The molecule has 0 aliphatic heterocycles. The summed E-state index contributed by atoms with van der Waals surface area (Å²) in [7, 11) is 0. The van der Waals surface area contributed by atoms with E-state index in [1.54, 1.807) is 24.7 Å². The fourth-order valence-electron chi connectivity index (χ4n) is 3.46. The monoisotopic (exact) mass is 425 g/mol. The maximum Gasteiger partial charge on any atom is 0.163 e. The maximum absolute atomic E-state index is 13.8. The van der Waals surface area contributed by atoms with Crippen LogP contribution in [0, 0.1) is 11.6 Å². The molecule has 2 aromatic carbocycles. The van der Waals surface area contributed by atoms with Gasteiger partial charge >= 0.3 is 0 Å². The van der Waals surface area contributed by atoms with E-state index in [9.17, 15) is 8.78 Å². The van der Waals surface area contributed by atoms with Crippen LogP contribution in [0.2, 0.25) is 0 Å². The van der Waals surface area contributed by atoms with Crippen molar-refractivity contribution in [1.82, 2.24) is 19.9 Å². The third-order valence-corrected chi connectivity index (χ3v) is 4.97. The molecule has 0 amide bonds. The van der Waals surface area contributed by atoms with E-state index in [-0.39, 0.29) is 0 Å². The zero-order valence-electron chi connectivity index (χ0n) is 16.8. The zero-order valence-corrected chi connectivity index (χ0v) is 16.8. The molecule has 1 N–H and O–H groups in total. The molecule has 0 saturated heterocycles. The number of pyridine rings is 2. The average molecular weight is 425 g/mol. The molecule has 0 atom stereocenters. The van der Waals surface area contributed by atoms with Gasteiger partial charge in [-0.1, -0.05) is 12.1 Å². The van der Waals surface area contributed by atoms with Gasteiger partial charge < -0.3 is 5.32 Å². The van der Waals surface area contributed by atoms with Crippen LogP contribution in [-0.4, -0.2) is 19.9 Å². The quantitative estimate of drug-likeness (QED) is 0.395. The van der Waals surface area contributed by atoms with E-state index in [2.05, 4.69) is 20.3 Å². The molecule has 0 fully saturated rings. The summed E-state index contributed by atoms with van der Waals surface area (Å²) in [6, 6.07) is 18.3. The minimum absolute atomic E-state index is 0.441. The minimum atomic E-state index is -0.628. The first-order chi connectivity index (χ1) is 15.7. The topological polar surface area (TPSA) is 63.6 Å². The second-order valence-corrected chi connectivity index (χ2v) is 7.20. The highest BCUT2D eigenvalue weighted by atomic mass is 19.1. The lowest BCUT2D eigenvalue weighted by Gasteiger charge is -2.12. The molecule has 0 aliphatic rings. The van der Waals surface area contributed by atoms with Crippen molar-refractivity contribution in [1.29, 1.82) is 0 Å². The number of hydrogen-bond donors (Lipinski definition) is 1. The summed E-state index contributed by atoms with van der Waals surface area (Å²) in [5, 5.41) is 4.07. The normalized spacial score (nSPS) is 10.9. The molecule has 5 aromatic rings. The standard InChI is InChI=1S/C25H17F2N5/c26-19-10-18(11-20(27)13-19)16-6-7-23-22(12-16)25(30-15-21-5-1-2-9-29-21)32-24(31-23)17-4-3-8-28-14-17/h1-14H,15H2,(H,30,31,32). The Labute approximate surface area is 182 Å². The number of anilines is 1. The third kappa shape index (κ3) is 4.13. The van der Waals surface area contributed by atoms with Crippen LogP contribution >= 0.6 is 0 Å². The van der Waals surface area contributed by atoms with Crippen LogP contribution < -0.4 is 5.32 Å². The van der Waals surface area contributed by atoms with Crippen LogP contribution in [0.1, 0.15) is 5.69 Å². The lowest BCUT2D eigenvalue weighted by atomic mass is 10.0. The van der Waals surface area contributed by atoms with Crippen molar-refractivity contribution in [2.45, 2.75) is 6.54 Å². The van der Waals surface area contributed by atoms with Gasteiger partial charge in [-0.15, -0.1) is 0 Å². The Morgan fingerprint density at radius 1 is 0.750 bits per heavy atom. The number of nitrogens with one attached hydrogen (secondary N) is 1. The first kappa shape index (κ1) is 19.7. The number of halogens is 2. The largest absolute Gasteiger partial charge is 0.364 e. The van der Waals surface area contributed by atoms with Crippen LogP contribution in [0.3, 0.4) is 0 Å². The van der Waals surface area contributed by atoms with Gasteiger partial charge in [-0.05, 0) is 59.7 Å². The molecule has 32 heavy (non-hydrogen) atoms. The summed E-state index contributed by atoms with van der Waals surface area (Å²) >= 11 is 0. The molecule has 3 aromatic heterocycles. The number of fused-ring (bicyclic) bond motifs is 1.